The SMILES string of the molecule is CCC(C)CCCCCCCCCCC(=O)O[C@H](COC(=O)CCCCCCCCCCCCCCC(C)C)COP(=O)(O)OC[C@@H](O)COP(=O)(O)OC[C@@H](COC(=O)CCCCCCCCC(C)C)OC(=O)CCCCCCCCC(C)C. The zero-order valence-electron chi connectivity index (χ0n) is 55.2. The predicted octanol–water partition coefficient (Wildman–Crippen LogP) is 18.1. The van der Waals surface area contributed by atoms with Crippen LogP contribution in [0.5, 0.6) is 0 Å². The topological polar surface area (TPSA) is 237 Å². The second-order valence-electron chi connectivity index (χ2n) is 25.5. The van der Waals surface area contributed by atoms with Gasteiger partial charge in [-0.1, -0.05) is 267 Å². The average molecular weight is 1260 g/mol. The van der Waals surface area contributed by atoms with Crippen molar-refractivity contribution in [3.63, 3.8) is 0 Å². The van der Waals surface area contributed by atoms with E-state index in [1.807, 2.05) is 0 Å². The van der Waals surface area contributed by atoms with Crippen LogP contribution in [0, 0.1) is 23.7 Å². The van der Waals surface area contributed by atoms with Crippen molar-refractivity contribution in [2.45, 2.75) is 337 Å². The standard InChI is InChI=1S/C66H128O17P2/c1-9-59(8)45-37-29-19-16-17-21-32-40-48-65(70)82-61(52-76-63(68)46-38-30-20-15-13-11-10-12-14-18-26-34-42-56(2)3)54-80-84(72,73)78-50-60(67)51-79-85(74,75)81-55-62(83-66(71)49-41-33-25-23-28-36-44-58(6)7)53-77-64(69)47-39-31-24-22-27-35-43-57(4)5/h56-62,67H,9-55H2,1-8H3,(H,72,73)(H,74,75)/t59?,60-,61-,62-/m1/s1. The Morgan fingerprint density at radius 1 is 0.329 bits per heavy atom. The van der Waals surface area contributed by atoms with E-state index >= 15 is 0 Å². The Morgan fingerprint density at radius 2 is 0.565 bits per heavy atom. The molecule has 504 valence electrons. The molecule has 0 spiro atoms. The van der Waals surface area contributed by atoms with Crippen LogP contribution in [-0.4, -0.2) is 96.7 Å². The fraction of sp³-hybridized carbons (Fsp3) is 0.939. The van der Waals surface area contributed by atoms with Gasteiger partial charge in [-0.25, -0.2) is 9.13 Å². The predicted molar refractivity (Wildman–Crippen MR) is 340 cm³/mol. The van der Waals surface area contributed by atoms with E-state index in [2.05, 4.69) is 55.4 Å². The monoisotopic (exact) mass is 1250 g/mol. The molecule has 3 N–H and O–H groups in total. The maximum atomic E-state index is 13.0. The largest absolute Gasteiger partial charge is 0.472 e. The smallest absolute Gasteiger partial charge is 0.462 e. The third-order valence-electron chi connectivity index (χ3n) is 15.4. The van der Waals surface area contributed by atoms with Crippen molar-refractivity contribution in [3.8, 4) is 0 Å². The van der Waals surface area contributed by atoms with Gasteiger partial charge in [-0.05, 0) is 49.4 Å². The fourth-order valence-electron chi connectivity index (χ4n) is 9.75. The summed E-state index contributed by atoms with van der Waals surface area (Å²) in [4.78, 5) is 72.3. The molecule has 0 aliphatic heterocycles. The number of hydrogen-bond acceptors (Lipinski definition) is 15. The first-order valence-electron chi connectivity index (χ1n) is 34.2. The molecule has 6 atom stereocenters. The summed E-state index contributed by atoms with van der Waals surface area (Å²) in [6.45, 7) is 13.9. The Labute approximate surface area is 517 Å². The number of unbranched alkanes of at least 4 members (excludes halogenated alkanes) is 28. The van der Waals surface area contributed by atoms with Crippen molar-refractivity contribution in [2.24, 2.45) is 23.7 Å². The molecule has 0 aromatic carbocycles. The highest BCUT2D eigenvalue weighted by Crippen LogP contribution is 2.45. The average Bonchev–Trinajstić information content (AvgIpc) is 3.54. The van der Waals surface area contributed by atoms with Gasteiger partial charge < -0.3 is 33.8 Å². The third-order valence-corrected chi connectivity index (χ3v) is 17.3. The summed E-state index contributed by atoms with van der Waals surface area (Å²) in [5, 5.41) is 10.5. The highest BCUT2D eigenvalue weighted by atomic mass is 31.2. The molecular weight excluding hydrogens is 1130 g/mol. The van der Waals surface area contributed by atoms with Gasteiger partial charge in [0, 0.05) is 25.7 Å². The van der Waals surface area contributed by atoms with E-state index in [0.717, 1.165) is 108 Å². The number of esters is 4. The van der Waals surface area contributed by atoms with Crippen LogP contribution < -0.4 is 0 Å². The van der Waals surface area contributed by atoms with Gasteiger partial charge in [-0.2, -0.15) is 0 Å². The summed E-state index contributed by atoms with van der Waals surface area (Å²) < 4.78 is 68.0. The normalized spacial score (nSPS) is 14.7. The highest BCUT2D eigenvalue weighted by Gasteiger charge is 2.30. The molecule has 19 heteroatoms. The molecule has 0 bridgehead atoms. The van der Waals surface area contributed by atoms with Crippen molar-refractivity contribution < 1.29 is 80.2 Å². The molecule has 0 saturated carbocycles. The summed E-state index contributed by atoms with van der Waals surface area (Å²) in [5.41, 5.74) is 0. The Balaban J connectivity index is 5.23. The van der Waals surface area contributed by atoms with Crippen LogP contribution >= 0.6 is 15.6 Å². The van der Waals surface area contributed by atoms with E-state index in [9.17, 15) is 43.2 Å². The summed E-state index contributed by atoms with van der Waals surface area (Å²) in [6, 6.07) is 0. The molecule has 0 radical (unpaired) electrons. The van der Waals surface area contributed by atoms with E-state index in [1.54, 1.807) is 0 Å². The number of ether oxygens (including phenoxy) is 4. The van der Waals surface area contributed by atoms with Crippen molar-refractivity contribution >= 4 is 39.5 Å². The maximum absolute atomic E-state index is 13.0. The third kappa shape index (κ3) is 59.5. The van der Waals surface area contributed by atoms with Gasteiger partial charge in [0.15, 0.2) is 12.2 Å². The number of carbonyl (C=O) groups is 4. The van der Waals surface area contributed by atoms with Gasteiger partial charge in [0.05, 0.1) is 26.4 Å². The number of rotatable bonds is 63. The minimum atomic E-state index is -4.95. The molecule has 0 fully saturated rings. The first kappa shape index (κ1) is 83.1. The molecule has 3 unspecified atom stereocenters. The van der Waals surface area contributed by atoms with E-state index in [0.29, 0.717) is 37.5 Å². The second kappa shape index (κ2) is 56.1. The lowest BCUT2D eigenvalue weighted by Crippen LogP contribution is -2.30. The summed E-state index contributed by atoms with van der Waals surface area (Å²) >= 11 is 0. The van der Waals surface area contributed by atoms with E-state index in [4.69, 9.17) is 37.0 Å². The van der Waals surface area contributed by atoms with Crippen LogP contribution in [0.25, 0.3) is 0 Å². The van der Waals surface area contributed by atoms with Crippen LogP contribution in [0.15, 0.2) is 0 Å². The molecule has 17 nitrogen and oxygen atoms in total. The van der Waals surface area contributed by atoms with Gasteiger partial charge in [-0.3, -0.25) is 37.3 Å². The maximum Gasteiger partial charge on any atom is 0.472 e. The fourth-order valence-corrected chi connectivity index (χ4v) is 11.3. The molecule has 0 aromatic heterocycles. The molecule has 0 amide bonds. The van der Waals surface area contributed by atoms with Crippen molar-refractivity contribution in [1.82, 2.24) is 0 Å². The molecule has 0 saturated heterocycles. The molecule has 0 aromatic rings. The Kier molecular flexibility index (Phi) is 54.8. The number of hydrogen-bond donors (Lipinski definition) is 3. The second-order valence-corrected chi connectivity index (χ2v) is 28.4. The molecule has 0 aliphatic rings. The summed E-state index contributed by atoms with van der Waals surface area (Å²) in [6.07, 6.45) is 36.5. The number of phosphoric acid groups is 2. The lowest BCUT2D eigenvalue weighted by molar-refractivity contribution is -0.161. The minimum absolute atomic E-state index is 0.100. The van der Waals surface area contributed by atoms with E-state index < -0.39 is 97.5 Å². The van der Waals surface area contributed by atoms with Gasteiger partial charge in [-0.15, -0.1) is 0 Å². The highest BCUT2D eigenvalue weighted by molar-refractivity contribution is 7.47. The van der Waals surface area contributed by atoms with Crippen LogP contribution in [0.2, 0.25) is 0 Å². The lowest BCUT2D eigenvalue weighted by atomic mass is 9.99. The molecule has 85 heavy (non-hydrogen) atoms. The van der Waals surface area contributed by atoms with Gasteiger partial charge in [0.1, 0.15) is 19.3 Å². The molecule has 0 heterocycles. The van der Waals surface area contributed by atoms with Gasteiger partial charge in [0.25, 0.3) is 0 Å². The van der Waals surface area contributed by atoms with Gasteiger partial charge >= 0.3 is 39.5 Å². The Morgan fingerprint density at radius 3 is 0.835 bits per heavy atom. The van der Waals surface area contributed by atoms with Crippen LogP contribution in [0.4, 0.5) is 0 Å². The summed E-state index contributed by atoms with van der Waals surface area (Å²) in [5.74, 6) is 0.758. The molecule has 0 aliphatic carbocycles. The van der Waals surface area contributed by atoms with Crippen LogP contribution in [0.1, 0.15) is 319 Å². The number of carbonyl (C=O) groups excluding carboxylic acids is 4. The minimum Gasteiger partial charge on any atom is -0.462 e. The van der Waals surface area contributed by atoms with Crippen molar-refractivity contribution in [2.75, 3.05) is 39.6 Å². The number of aliphatic hydroxyl groups excluding tert-OH is 1. The zero-order valence-corrected chi connectivity index (χ0v) is 57.0. The Bertz CT molecular complexity index is 1700. The summed E-state index contributed by atoms with van der Waals surface area (Å²) in [7, 11) is -9.89. The number of phosphoric ester groups is 2. The quantitative estimate of drug-likeness (QED) is 0.0222. The number of aliphatic hydroxyl groups is 1. The van der Waals surface area contributed by atoms with Crippen molar-refractivity contribution in [3.05, 3.63) is 0 Å². The Hall–Kier alpha value is -1.94. The molecular formula is C66H128O17P2. The van der Waals surface area contributed by atoms with E-state index in [-0.39, 0.29) is 25.7 Å². The van der Waals surface area contributed by atoms with E-state index in [1.165, 1.54) is 116 Å². The van der Waals surface area contributed by atoms with Crippen LogP contribution in [-0.2, 0) is 65.4 Å². The van der Waals surface area contributed by atoms with Gasteiger partial charge in [0.2, 0.25) is 0 Å². The first-order valence-corrected chi connectivity index (χ1v) is 37.2. The van der Waals surface area contributed by atoms with Crippen molar-refractivity contribution in [1.29, 1.82) is 0 Å². The lowest BCUT2D eigenvalue weighted by Gasteiger charge is -2.21. The van der Waals surface area contributed by atoms with Crippen LogP contribution in [0.3, 0.4) is 0 Å². The zero-order chi connectivity index (χ0) is 63.2. The molecule has 0 rings (SSSR count). The first-order chi connectivity index (χ1) is 40.6.